The number of carbonyl (C=O) groups excluding carboxylic acids is 1. The molecule has 0 aliphatic heterocycles. The van der Waals surface area contributed by atoms with Crippen LogP contribution in [0.3, 0.4) is 0 Å². The highest BCUT2D eigenvalue weighted by Gasteiger charge is 2.19. The first-order valence-corrected chi connectivity index (χ1v) is 15.5. The van der Waals surface area contributed by atoms with E-state index in [1.807, 2.05) is 38.1 Å². The van der Waals surface area contributed by atoms with Crippen LogP contribution in [0.5, 0.6) is 0 Å². The number of nitriles is 2. The molecular formula is C36H34F2N10O2. The summed E-state index contributed by atoms with van der Waals surface area (Å²) in [6.07, 6.45) is 0.147. The lowest BCUT2D eigenvalue weighted by Gasteiger charge is -2.15. The van der Waals surface area contributed by atoms with Crippen molar-refractivity contribution in [3.63, 3.8) is 0 Å². The number of carbonyl (C=O) groups is 1. The van der Waals surface area contributed by atoms with Gasteiger partial charge >= 0.3 is 0 Å². The molecule has 6 rings (SSSR count). The number of aromatic nitrogens is 8. The maximum absolute atomic E-state index is 13.6. The molecule has 0 saturated heterocycles. The van der Waals surface area contributed by atoms with E-state index in [0.29, 0.717) is 41.2 Å². The van der Waals surface area contributed by atoms with Crippen molar-refractivity contribution in [3.8, 4) is 23.5 Å². The van der Waals surface area contributed by atoms with E-state index in [4.69, 9.17) is 10.5 Å². The fraction of sp³-hybridized carbons (Fsp3) is 0.250. The maximum atomic E-state index is 13.6. The minimum absolute atomic E-state index is 0.235. The van der Waals surface area contributed by atoms with Crippen LogP contribution in [-0.2, 0) is 26.9 Å². The molecule has 1 N–H and O–H groups in total. The van der Waals surface area contributed by atoms with Crippen LogP contribution < -0.4 is 0 Å². The number of halogens is 2. The lowest BCUT2D eigenvalue weighted by atomic mass is 10.1. The normalized spacial score (nSPS) is 11.4. The van der Waals surface area contributed by atoms with E-state index in [1.165, 1.54) is 31.2 Å². The van der Waals surface area contributed by atoms with Gasteiger partial charge in [-0.3, -0.25) is 14.2 Å². The van der Waals surface area contributed by atoms with Gasteiger partial charge in [-0.25, -0.2) is 18.1 Å². The highest BCUT2D eigenvalue weighted by atomic mass is 19.1. The molecule has 1 unspecified atom stereocenters. The number of nitrogens with zero attached hydrogens (tertiary/aromatic N) is 10. The van der Waals surface area contributed by atoms with Crippen LogP contribution in [0, 0.1) is 48.1 Å². The third-order valence-corrected chi connectivity index (χ3v) is 7.95. The van der Waals surface area contributed by atoms with Crippen LogP contribution in [0.15, 0.2) is 60.7 Å². The first kappa shape index (κ1) is 35.1. The van der Waals surface area contributed by atoms with Gasteiger partial charge in [-0.2, -0.15) is 30.9 Å². The Hall–Kier alpha value is -6.25. The van der Waals surface area contributed by atoms with Gasteiger partial charge in [-0.1, -0.05) is 0 Å². The number of aryl methyl sites for hydroxylation is 4. The molecule has 14 heteroatoms. The van der Waals surface area contributed by atoms with Crippen LogP contribution in [0.1, 0.15) is 81.4 Å². The summed E-state index contributed by atoms with van der Waals surface area (Å²) in [5, 5.41) is 45.2. The summed E-state index contributed by atoms with van der Waals surface area (Å²) in [6.45, 7) is 6.71. The summed E-state index contributed by atoms with van der Waals surface area (Å²) in [5.41, 5.74) is 7.54. The van der Waals surface area contributed by atoms with E-state index < -0.39 is 17.7 Å². The summed E-state index contributed by atoms with van der Waals surface area (Å²) in [5.74, 6) is -1.11. The number of rotatable bonds is 8. The number of hydrogen-bond acceptors (Lipinski definition) is 8. The lowest BCUT2D eigenvalue weighted by molar-refractivity contribution is 0.101. The molecule has 0 spiro atoms. The second-order valence-electron chi connectivity index (χ2n) is 11.8. The second-order valence-corrected chi connectivity index (χ2v) is 11.8. The zero-order chi connectivity index (χ0) is 36.3. The SMILES string of the molecule is CC(=O)c1cc(F)ccc1-n1nc(C)cc1Cc1cc(C#N)nn1C.Cc1cc(Cc2cc(C#N)nn2C)n(-c2ccc(F)cc2C(C)O)n1. The quantitative estimate of drug-likeness (QED) is 0.213. The van der Waals surface area contributed by atoms with Crippen molar-refractivity contribution in [1.29, 1.82) is 10.5 Å². The van der Waals surface area contributed by atoms with Crippen molar-refractivity contribution in [2.24, 2.45) is 14.1 Å². The maximum Gasteiger partial charge on any atom is 0.162 e. The van der Waals surface area contributed by atoms with E-state index in [0.717, 1.165) is 34.2 Å². The van der Waals surface area contributed by atoms with E-state index in [1.54, 1.807) is 64.0 Å². The molecule has 4 heterocycles. The van der Waals surface area contributed by atoms with Crippen molar-refractivity contribution in [1.82, 2.24) is 39.1 Å². The average molecular weight is 677 g/mol. The smallest absolute Gasteiger partial charge is 0.162 e. The Morgan fingerprint density at radius 2 is 1.20 bits per heavy atom. The first-order valence-electron chi connectivity index (χ1n) is 15.5. The van der Waals surface area contributed by atoms with Crippen LogP contribution in [0.4, 0.5) is 8.78 Å². The number of ketones is 1. The monoisotopic (exact) mass is 676 g/mol. The van der Waals surface area contributed by atoms with Gasteiger partial charge < -0.3 is 5.11 Å². The number of Topliss-reactive ketones (excluding diaryl/α,β-unsaturated/α-hetero) is 1. The molecule has 2 aromatic carbocycles. The average Bonchev–Trinajstić information content (AvgIpc) is 3.83. The molecule has 6 aromatic rings. The molecule has 0 radical (unpaired) electrons. The van der Waals surface area contributed by atoms with Gasteiger partial charge in [0.1, 0.15) is 23.8 Å². The second kappa shape index (κ2) is 14.5. The molecule has 1 atom stereocenters. The Morgan fingerprint density at radius 1 is 0.740 bits per heavy atom. The molecule has 0 aliphatic rings. The number of benzene rings is 2. The summed E-state index contributed by atoms with van der Waals surface area (Å²) >= 11 is 0. The summed E-state index contributed by atoms with van der Waals surface area (Å²) < 4.78 is 33.8. The van der Waals surface area contributed by atoms with Crippen LogP contribution in [0.25, 0.3) is 11.4 Å². The standard InChI is InChI=1S/C18H18FN5O.C18H16FN5O/c2*1-11-6-16(9-15-8-14(10-20)22-23(15)3)24(21-11)18-5-4-13(19)7-17(18)12(2)25/h4-8,12,25H,9H2,1-3H3;4-8H,9H2,1-3H3. The topological polar surface area (TPSA) is 156 Å². The van der Waals surface area contributed by atoms with E-state index in [9.17, 15) is 18.7 Å². The van der Waals surface area contributed by atoms with Crippen molar-refractivity contribution in [2.75, 3.05) is 0 Å². The molecule has 0 bridgehead atoms. The Bertz CT molecular complexity index is 2300. The van der Waals surface area contributed by atoms with E-state index in [-0.39, 0.29) is 11.3 Å². The Morgan fingerprint density at radius 3 is 1.64 bits per heavy atom. The molecule has 0 saturated carbocycles. The van der Waals surface area contributed by atoms with Gasteiger partial charge in [-0.15, -0.1) is 0 Å². The minimum Gasteiger partial charge on any atom is -0.389 e. The zero-order valence-electron chi connectivity index (χ0n) is 28.3. The highest BCUT2D eigenvalue weighted by molar-refractivity contribution is 5.97. The number of aliphatic hydroxyl groups excluding tert-OH is 1. The third kappa shape index (κ3) is 7.56. The molecule has 0 amide bonds. The van der Waals surface area contributed by atoms with Crippen molar-refractivity contribution < 1.29 is 18.7 Å². The van der Waals surface area contributed by atoms with Crippen molar-refractivity contribution >= 4 is 5.78 Å². The lowest BCUT2D eigenvalue weighted by Crippen LogP contribution is -2.10. The fourth-order valence-corrected chi connectivity index (χ4v) is 5.63. The Kier molecular flexibility index (Phi) is 10.2. The number of hydrogen-bond donors (Lipinski definition) is 1. The van der Waals surface area contributed by atoms with Gasteiger partial charge in [0, 0.05) is 49.5 Å². The molecule has 0 fully saturated rings. The molecule has 4 aromatic heterocycles. The fourth-order valence-electron chi connectivity index (χ4n) is 5.63. The van der Waals surface area contributed by atoms with Gasteiger partial charge in [0.15, 0.2) is 17.2 Å². The summed E-state index contributed by atoms with van der Waals surface area (Å²) in [6, 6.07) is 19.6. The van der Waals surface area contributed by atoms with E-state index in [2.05, 4.69) is 20.4 Å². The van der Waals surface area contributed by atoms with Gasteiger partial charge in [0.25, 0.3) is 0 Å². The predicted octanol–water partition coefficient (Wildman–Crippen LogP) is 5.29. The molecule has 254 valence electrons. The molecule has 50 heavy (non-hydrogen) atoms. The molecular weight excluding hydrogens is 642 g/mol. The van der Waals surface area contributed by atoms with Gasteiger partial charge in [-0.05, 0) is 88.4 Å². The van der Waals surface area contributed by atoms with Gasteiger partial charge in [0.2, 0.25) is 0 Å². The van der Waals surface area contributed by atoms with Crippen molar-refractivity contribution in [3.05, 3.63) is 129 Å². The minimum atomic E-state index is -0.829. The van der Waals surface area contributed by atoms with Gasteiger partial charge in [0.05, 0.1) is 40.3 Å². The van der Waals surface area contributed by atoms with Crippen LogP contribution >= 0.6 is 0 Å². The third-order valence-electron chi connectivity index (χ3n) is 7.95. The highest BCUT2D eigenvalue weighted by Crippen LogP contribution is 2.26. The van der Waals surface area contributed by atoms with Crippen LogP contribution in [0.2, 0.25) is 0 Å². The van der Waals surface area contributed by atoms with Crippen LogP contribution in [-0.4, -0.2) is 50.0 Å². The molecule has 0 aliphatic carbocycles. The predicted molar refractivity (Wildman–Crippen MR) is 179 cm³/mol. The summed E-state index contributed by atoms with van der Waals surface area (Å²) in [4.78, 5) is 11.9. The Labute approximate surface area is 287 Å². The van der Waals surface area contributed by atoms with Crippen molar-refractivity contribution in [2.45, 2.75) is 46.6 Å². The zero-order valence-corrected chi connectivity index (χ0v) is 28.3. The van der Waals surface area contributed by atoms with E-state index >= 15 is 0 Å². The summed E-state index contributed by atoms with van der Waals surface area (Å²) in [7, 11) is 3.55. The largest absolute Gasteiger partial charge is 0.389 e. The Balaban J connectivity index is 0.000000194. The number of aliphatic hydroxyl groups is 1. The molecule has 12 nitrogen and oxygen atoms in total. The first-order chi connectivity index (χ1) is 23.8.